The number of nitrogens with zero attached hydrogens (tertiary/aromatic N) is 2. The summed E-state index contributed by atoms with van der Waals surface area (Å²) in [7, 11) is -3.67. The van der Waals surface area contributed by atoms with Crippen LogP contribution in [0.3, 0.4) is 0 Å². The number of carbonyl (C=O) groups excluding carboxylic acids is 2. The van der Waals surface area contributed by atoms with E-state index in [1.165, 1.54) is 28.6 Å². The summed E-state index contributed by atoms with van der Waals surface area (Å²) in [6, 6.07) is 21.7. The van der Waals surface area contributed by atoms with Crippen LogP contribution in [0.4, 0.5) is 10.1 Å². The molecule has 3 aromatic rings. The fraction of sp³-hybridized carbons (Fsp3) is 0.375. The van der Waals surface area contributed by atoms with Crippen LogP contribution in [0, 0.1) is 12.7 Å². The molecule has 3 aromatic carbocycles. The van der Waals surface area contributed by atoms with Crippen molar-refractivity contribution in [1.29, 1.82) is 0 Å². The molecule has 7 nitrogen and oxygen atoms in total. The van der Waals surface area contributed by atoms with Gasteiger partial charge in [0.2, 0.25) is 21.8 Å². The summed E-state index contributed by atoms with van der Waals surface area (Å²) in [6.45, 7) is 7.92. The summed E-state index contributed by atoms with van der Waals surface area (Å²) < 4.78 is 39.7. The lowest BCUT2D eigenvalue weighted by Crippen LogP contribution is -2.54. The highest BCUT2D eigenvalue weighted by Crippen LogP contribution is 2.21. The van der Waals surface area contributed by atoms with Crippen molar-refractivity contribution in [3.8, 4) is 0 Å². The van der Waals surface area contributed by atoms with Crippen molar-refractivity contribution in [2.45, 2.75) is 65.1 Å². The zero-order valence-electron chi connectivity index (χ0n) is 24.4. The molecule has 41 heavy (non-hydrogen) atoms. The molecule has 1 atom stereocenters. The fourth-order valence-electron chi connectivity index (χ4n) is 4.59. The van der Waals surface area contributed by atoms with Gasteiger partial charge in [-0.1, -0.05) is 54.6 Å². The zero-order valence-corrected chi connectivity index (χ0v) is 25.2. The van der Waals surface area contributed by atoms with Gasteiger partial charge in [-0.25, -0.2) is 12.8 Å². The second-order valence-electron chi connectivity index (χ2n) is 11.3. The maximum absolute atomic E-state index is 13.9. The monoisotopic (exact) mass is 581 g/mol. The minimum Gasteiger partial charge on any atom is -0.350 e. The van der Waals surface area contributed by atoms with E-state index in [2.05, 4.69) is 5.32 Å². The van der Waals surface area contributed by atoms with E-state index in [9.17, 15) is 22.4 Å². The van der Waals surface area contributed by atoms with Crippen LogP contribution in [0.2, 0.25) is 0 Å². The summed E-state index contributed by atoms with van der Waals surface area (Å²) in [4.78, 5) is 29.2. The second-order valence-corrected chi connectivity index (χ2v) is 13.2. The average molecular weight is 582 g/mol. The lowest BCUT2D eigenvalue weighted by molar-refractivity contribution is -0.142. The van der Waals surface area contributed by atoms with Gasteiger partial charge in [-0.15, -0.1) is 0 Å². The normalized spacial score (nSPS) is 12.4. The van der Waals surface area contributed by atoms with Crippen molar-refractivity contribution < 1.29 is 22.4 Å². The standard InChI is InChI=1S/C32H40FN3O4S/c1-24-12-9-10-15-26(24)23-35(29(31(38)34-32(2,3)4)22-25-13-7-6-8-14-25)30(37)16-11-21-36(41(5,39)40)28-19-17-27(33)18-20-28/h6-10,12-15,17-20,29H,11,16,21-23H2,1-5H3,(H,34,38). The minimum atomic E-state index is -3.67. The molecule has 1 N–H and O–H groups in total. The highest BCUT2D eigenvalue weighted by molar-refractivity contribution is 7.92. The molecule has 3 rings (SSSR count). The molecule has 0 fully saturated rings. The molecule has 0 aliphatic carbocycles. The number of hydrogen-bond donors (Lipinski definition) is 1. The van der Waals surface area contributed by atoms with Gasteiger partial charge in [0.15, 0.2) is 0 Å². The van der Waals surface area contributed by atoms with Gasteiger partial charge in [0.1, 0.15) is 11.9 Å². The first-order valence-electron chi connectivity index (χ1n) is 13.7. The molecule has 0 bridgehead atoms. The van der Waals surface area contributed by atoms with E-state index in [1.54, 1.807) is 4.90 Å². The number of benzene rings is 3. The Bertz CT molecular complexity index is 1420. The summed E-state index contributed by atoms with van der Waals surface area (Å²) >= 11 is 0. The van der Waals surface area contributed by atoms with Crippen molar-refractivity contribution in [2.75, 3.05) is 17.1 Å². The van der Waals surface area contributed by atoms with Crippen LogP contribution in [0.25, 0.3) is 0 Å². The van der Waals surface area contributed by atoms with Crippen molar-refractivity contribution in [3.05, 3.63) is 101 Å². The van der Waals surface area contributed by atoms with E-state index in [1.807, 2.05) is 82.3 Å². The van der Waals surface area contributed by atoms with Gasteiger partial charge in [-0.2, -0.15) is 0 Å². The smallest absolute Gasteiger partial charge is 0.243 e. The quantitative estimate of drug-likeness (QED) is 0.317. The van der Waals surface area contributed by atoms with Gasteiger partial charge in [-0.05, 0) is 75.1 Å². The summed E-state index contributed by atoms with van der Waals surface area (Å²) in [6.07, 6.45) is 1.64. The van der Waals surface area contributed by atoms with E-state index in [0.717, 1.165) is 22.9 Å². The molecular formula is C32H40FN3O4S. The Morgan fingerprint density at radius 2 is 1.54 bits per heavy atom. The Kier molecular flexibility index (Phi) is 10.7. The lowest BCUT2D eigenvalue weighted by atomic mass is 9.99. The number of anilines is 1. The Morgan fingerprint density at radius 1 is 0.927 bits per heavy atom. The molecule has 0 heterocycles. The molecule has 220 valence electrons. The number of nitrogens with one attached hydrogen (secondary N) is 1. The van der Waals surface area contributed by atoms with E-state index in [-0.39, 0.29) is 37.7 Å². The number of aryl methyl sites for hydroxylation is 1. The molecule has 0 aromatic heterocycles. The molecular weight excluding hydrogens is 541 g/mol. The van der Waals surface area contributed by atoms with Gasteiger partial charge in [-0.3, -0.25) is 13.9 Å². The minimum absolute atomic E-state index is 0.0210. The van der Waals surface area contributed by atoms with Crippen molar-refractivity contribution in [3.63, 3.8) is 0 Å². The zero-order chi connectivity index (χ0) is 30.2. The highest BCUT2D eigenvalue weighted by Gasteiger charge is 2.32. The number of carbonyl (C=O) groups is 2. The van der Waals surface area contributed by atoms with Crippen molar-refractivity contribution in [1.82, 2.24) is 10.2 Å². The number of sulfonamides is 1. The van der Waals surface area contributed by atoms with E-state index in [4.69, 9.17) is 0 Å². The van der Waals surface area contributed by atoms with Crippen LogP contribution in [-0.4, -0.2) is 49.5 Å². The Labute approximate surface area is 243 Å². The molecule has 0 spiro atoms. The first kappa shape index (κ1) is 31.8. The molecule has 0 aliphatic heterocycles. The fourth-order valence-corrected chi connectivity index (χ4v) is 5.55. The lowest BCUT2D eigenvalue weighted by Gasteiger charge is -2.34. The predicted octanol–water partition coefficient (Wildman–Crippen LogP) is 5.24. The molecule has 9 heteroatoms. The van der Waals surface area contributed by atoms with E-state index < -0.39 is 27.4 Å². The Hall–Kier alpha value is -3.72. The summed E-state index contributed by atoms with van der Waals surface area (Å²) in [5, 5.41) is 3.04. The molecule has 0 saturated carbocycles. The maximum atomic E-state index is 13.9. The van der Waals surface area contributed by atoms with Gasteiger partial charge in [0.05, 0.1) is 11.9 Å². The number of rotatable bonds is 12. The van der Waals surface area contributed by atoms with Crippen LogP contribution >= 0.6 is 0 Å². The average Bonchev–Trinajstić information content (AvgIpc) is 2.89. The SMILES string of the molecule is Cc1ccccc1CN(C(=O)CCCN(c1ccc(F)cc1)S(C)(=O)=O)C(Cc1ccccc1)C(=O)NC(C)(C)C. The summed E-state index contributed by atoms with van der Waals surface area (Å²) in [5.74, 6) is -0.986. The highest BCUT2D eigenvalue weighted by atomic mass is 32.2. The number of hydrogen-bond acceptors (Lipinski definition) is 4. The Balaban J connectivity index is 1.91. The van der Waals surface area contributed by atoms with Crippen LogP contribution in [0.1, 0.15) is 50.3 Å². The molecule has 0 saturated heterocycles. The second kappa shape index (κ2) is 13.8. The first-order valence-corrected chi connectivity index (χ1v) is 15.5. The molecule has 0 aliphatic rings. The van der Waals surface area contributed by atoms with Crippen LogP contribution < -0.4 is 9.62 Å². The number of halogens is 1. The molecule has 0 radical (unpaired) electrons. The third-order valence-electron chi connectivity index (χ3n) is 6.64. The number of amides is 2. The third kappa shape index (κ3) is 9.70. The third-order valence-corrected chi connectivity index (χ3v) is 7.83. The van der Waals surface area contributed by atoms with Gasteiger partial charge < -0.3 is 10.2 Å². The predicted molar refractivity (Wildman–Crippen MR) is 161 cm³/mol. The van der Waals surface area contributed by atoms with Crippen molar-refractivity contribution in [2.24, 2.45) is 0 Å². The summed E-state index contributed by atoms with van der Waals surface area (Å²) in [5.41, 5.74) is 2.66. The van der Waals surface area contributed by atoms with Crippen molar-refractivity contribution >= 4 is 27.5 Å². The van der Waals surface area contributed by atoms with E-state index >= 15 is 0 Å². The van der Waals surface area contributed by atoms with Gasteiger partial charge in [0, 0.05) is 31.5 Å². The molecule has 2 amide bonds. The van der Waals surface area contributed by atoms with Gasteiger partial charge >= 0.3 is 0 Å². The topological polar surface area (TPSA) is 86.8 Å². The molecule has 1 unspecified atom stereocenters. The largest absolute Gasteiger partial charge is 0.350 e. The van der Waals surface area contributed by atoms with Crippen LogP contribution in [0.5, 0.6) is 0 Å². The first-order chi connectivity index (χ1) is 19.2. The Morgan fingerprint density at radius 3 is 2.12 bits per heavy atom. The maximum Gasteiger partial charge on any atom is 0.243 e. The van der Waals surface area contributed by atoms with Crippen LogP contribution in [-0.2, 0) is 32.6 Å². The van der Waals surface area contributed by atoms with Crippen LogP contribution in [0.15, 0.2) is 78.9 Å². The van der Waals surface area contributed by atoms with Gasteiger partial charge in [0.25, 0.3) is 0 Å². The van der Waals surface area contributed by atoms with E-state index in [0.29, 0.717) is 12.1 Å².